The van der Waals surface area contributed by atoms with E-state index in [2.05, 4.69) is 75.0 Å². The molecule has 3 nitrogen and oxygen atoms in total. The quantitative estimate of drug-likeness (QED) is 0.243. The van der Waals surface area contributed by atoms with Gasteiger partial charge in [0.2, 0.25) is 11.4 Å². The van der Waals surface area contributed by atoms with Gasteiger partial charge in [-0.2, -0.15) is 0 Å². The molecule has 40 heavy (non-hydrogen) atoms. The van der Waals surface area contributed by atoms with Gasteiger partial charge in [-0.15, -0.1) is 0 Å². The van der Waals surface area contributed by atoms with E-state index in [-0.39, 0.29) is 0 Å². The van der Waals surface area contributed by atoms with E-state index in [0.717, 1.165) is 95.8 Å². The van der Waals surface area contributed by atoms with Gasteiger partial charge in [0.1, 0.15) is 7.05 Å². The van der Waals surface area contributed by atoms with Crippen LogP contribution in [0.3, 0.4) is 0 Å². The lowest BCUT2D eigenvalue weighted by Gasteiger charge is -2.43. The SMILES string of the molecule is [2H]C1(c2cc[n+](C)c(-c3c(C)ccc4c3oc3nc(C5([2H])CCC6(CCCCC6)CC5)ccc34)c2)CCC(C)(C)CC1. The predicted octanol–water partition coefficient (Wildman–Crippen LogP) is 10.1. The molecule has 0 N–H and O–H groups in total. The third-order valence-electron chi connectivity index (χ3n) is 10.9. The summed E-state index contributed by atoms with van der Waals surface area (Å²) < 4.78 is 27.7. The van der Waals surface area contributed by atoms with E-state index in [1.807, 2.05) is 0 Å². The Morgan fingerprint density at radius 2 is 1.55 bits per heavy atom. The number of nitrogens with zero attached hydrogens (tertiary/aromatic N) is 2. The van der Waals surface area contributed by atoms with Crippen LogP contribution in [-0.2, 0) is 7.05 Å². The Morgan fingerprint density at radius 1 is 0.850 bits per heavy atom. The van der Waals surface area contributed by atoms with Gasteiger partial charge >= 0.3 is 0 Å². The minimum absolute atomic E-state index is 0.321. The molecule has 3 aliphatic carbocycles. The molecule has 0 atom stereocenters. The molecule has 3 aromatic heterocycles. The highest BCUT2D eigenvalue weighted by Gasteiger charge is 2.37. The van der Waals surface area contributed by atoms with Crippen molar-refractivity contribution < 1.29 is 11.7 Å². The molecular formula is C37H47N2O+. The van der Waals surface area contributed by atoms with Crippen molar-refractivity contribution in [2.45, 2.75) is 116 Å². The minimum atomic E-state index is -0.633. The van der Waals surface area contributed by atoms with Crippen LogP contribution in [0.1, 0.15) is 129 Å². The van der Waals surface area contributed by atoms with Gasteiger partial charge in [-0.1, -0.05) is 45.2 Å². The van der Waals surface area contributed by atoms with E-state index in [0.29, 0.717) is 16.5 Å². The van der Waals surface area contributed by atoms with E-state index in [9.17, 15) is 2.74 Å². The van der Waals surface area contributed by atoms with Crippen LogP contribution in [-0.4, -0.2) is 4.98 Å². The lowest BCUT2D eigenvalue weighted by atomic mass is 9.63. The van der Waals surface area contributed by atoms with Crippen molar-refractivity contribution in [3.63, 3.8) is 0 Å². The van der Waals surface area contributed by atoms with Crippen LogP contribution in [0.15, 0.2) is 47.0 Å². The largest absolute Gasteiger partial charge is 0.437 e. The Hall–Kier alpha value is -2.68. The molecule has 0 radical (unpaired) electrons. The van der Waals surface area contributed by atoms with E-state index < -0.39 is 11.8 Å². The molecular weight excluding hydrogens is 488 g/mol. The van der Waals surface area contributed by atoms with Gasteiger partial charge in [-0.05, 0) is 111 Å². The van der Waals surface area contributed by atoms with Crippen LogP contribution < -0.4 is 4.57 Å². The van der Waals surface area contributed by atoms with Crippen LogP contribution in [0.4, 0.5) is 0 Å². The first kappa shape index (κ1) is 24.0. The zero-order valence-corrected chi connectivity index (χ0v) is 25.0. The molecule has 1 spiro atoms. The van der Waals surface area contributed by atoms with Crippen LogP contribution in [0, 0.1) is 17.8 Å². The van der Waals surface area contributed by atoms with Gasteiger partial charge in [-0.3, -0.25) is 0 Å². The number of hydrogen-bond acceptors (Lipinski definition) is 2. The first-order valence-corrected chi connectivity index (χ1v) is 15.8. The van der Waals surface area contributed by atoms with Crippen LogP contribution in [0.2, 0.25) is 0 Å². The number of hydrogen-bond donors (Lipinski definition) is 0. The molecule has 3 saturated carbocycles. The Morgan fingerprint density at radius 3 is 2.30 bits per heavy atom. The number of rotatable bonds is 3. The van der Waals surface area contributed by atoms with Crippen LogP contribution in [0.5, 0.6) is 0 Å². The maximum atomic E-state index is 9.45. The summed E-state index contributed by atoms with van der Waals surface area (Å²) >= 11 is 0. The summed E-state index contributed by atoms with van der Waals surface area (Å²) in [6.45, 7) is 6.81. The molecule has 0 aliphatic heterocycles. The second-order valence-electron chi connectivity index (χ2n) is 14.1. The van der Waals surface area contributed by atoms with Gasteiger partial charge in [-0.25, -0.2) is 9.55 Å². The van der Waals surface area contributed by atoms with Crippen LogP contribution in [0.25, 0.3) is 33.3 Å². The maximum absolute atomic E-state index is 9.45. The number of aromatic nitrogens is 2. The highest BCUT2D eigenvalue weighted by atomic mass is 16.3. The van der Waals surface area contributed by atoms with Crippen molar-refractivity contribution in [1.82, 2.24) is 4.98 Å². The molecule has 0 amide bonds. The fraction of sp³-hybridized carbons (Fsp3) is 0.568. The predicted molar refractivity (Wildman–Crippen MR) is 165 cm³/mol. The number of pyridine rings is 2. The summed E-state index contributed by atoms with van der Waals surface area (Å²) in [6.07, 6.45) is 16.9. The Kier molecular flexibility index (Phi) is 5.99. The average Bonchev–Trinajstić information content (AvgIpc) is 3.35. The summed E-state index contributed by atoms with van der Waals surface area (Å²) in [5, 5.41) is 2.09. The second kappa shape index (κ2) is 10.00. The fourth-order valence-electron chi connectivity index (χ4n) is 8.03. The molecule has 0 bridgehead atoms. The summed E-state index contributed by atoms with van der Waals surface area (Å²) in [5.74, 6) is -1.18. The van der Waals surface area contributed by atoms with E-state index in [4.69, 9.17) is 9.40 Å². The number of furan rings is 1. The molecule has 0 unspecified atom stereocenters. The minimum Gasteiger partial charge on any atom is -0.437 e. The molecule has 1 aromatic carbocycles. The summed E-state index contributed by atoms with van der Waals surface area (Å²) in [4.78, 5) is 5.05. The third kappa shape index (κ3) is 4.68. The van der Waals surface area contributed by atoms with Gasteiger partial charge in [0.05, 0.1) is 5.56 Å². The Balaban J connectivity index is 1.26. The third-order valence-corrected chi connectivity index (χ3v) is 10.9. The maximum Gasteiger partial charge on any atom is 0.227 e. The van der Waals surface area contributed by atoms with Gasteiger partial charge in [0.25, 0.3) is 0 Å². The van der Waals surface area contributed by atoms with Crippen molar-refractivity contribution in [2.75, 3.05) is 0 Å². The van der Waals surface area contributed by atoms with Gasteiger partial charge in [0.15, 0.2) is 11.8 Å². The van der Waals surface area contributed by atoms with Crippen molar-refractivity contribution in [2.24, 2.45) is 17.9 Å². The number of benzene rings is 1. The molecule has 3 aliphatic rings. The molecule has 3 heteroatoms. The zero-order chi connectivity index (χ0) is 29.3. The molecule has 4 aromatic rings. The highest BCUT2D eigenvalue weighted by molar-refractivity contribution is 6.08. The van der Waals surface area contributed by atoms with Crippen molar-refractivity contribution in [1.29, 1.82) is 0 Å². The first-order chi connectivity index (χ1) is 20.0. The van der Waals surface area contributed by atoms with Gasteiger partial charge in [0, 0.05) is 37.2 Å². The fourth-order valence-corrected chi connectivity index (χ4v) is 8.03. The first-order valence-electron chi connectivity index (χ1n) is 16.8. The monoisotopic (exact) mass is 537 g/mol. The smallest absolute Gasteiger partial charge is 0.227 e. The second-order valence-corrected chi connectivity index (χ2v) is 14.1. The number of fused-ring (bicyclic) bond motifs is 3. The van der Waals surface area contributed by atoms with E-state index in [1.165, 1.54) is 32.1 Å². The summed E-state index contributed by atoms with van der Waals surface area (Å²) in [5.41, 5.74) is 7.57. The molecule has 210 valence electrons. The van der Waals surface area contributed by atoms with E-state index >= 15 is 0 Å². The Labute approximate surface area is 243 Å². The van der Waals surface area contributed by atoms with Crippen molar-refractivity contribution in [3.05, 3.63) is 59.4 Å². The Bertz CT molecular complexity index is 1640. The van der Waals surface area contributed by atoms with Crippen molar-refractivity contribution in [3.8, 4) is 11.3 Å². The lowest BCUT2D eigenvalue weighted by Crippen LogP contribution is -2.31. The topological polar surface area (TPSA) is 29.9 Å². The van der Waals surface area contributed by atoms with Crippen molar-refractivity contribution >= 4 is 22.1 Å². The van der Waals surface area contributed by atoms with E-state index in [1.54, 1.807) is 0 Å². The lowest BCUT2D eigenvalue weighted by molar-refractivity contribution is -0.660. The average molecular weight is 538 g/mol. The highest BCUT2D eigenvalue weighted by Crippen LogP contribution is 2.51. The molecule has 3 heterocycles. The normalized spacial score (nSPS) is 24.2. The number of aryl methyl sites for hydroxylation is 2. The summed E-state index contributed by atoms with van der Waals surface area (Å²) in [7, 11) is 2.09. The molecule has 7 rings (SSSR count). The standard InChI is InChI=1S/C37H47N2O/c1-25-8-9-29-30-10-11-31(27-14-21-37(22-15-27)17-6-5-7-18-37)38-35(30)40-34(29)33(25)32-24-28(16-23-39(32)4)26-12-19-36(2,3)20-13-26/h8-11,16,23-24,26-27H,5-7,12-15,17-22H2,1-4H3/q+1/i26D,27D. The van der Waals surface area contributed by atoms with Gasteiger partial charge < -0.3 is 4.42 Å². The zero-order valence-electron chi connectivity index (χ0n) is 27.0. The molecule has 0 saturated heterocycles. The van der Waals surface area contributed by atoms with Crippen LogP contribution >= 0.6 is 0 Å². The summed E-state index contributed by atoms with van der Waals surface area (Å²) in [6, 6.07) is 13.0. The molecule has 3 fully saturated rings.